The molecule has 0 spiro atoms. The zero-order chi connectivity index (χ0) is 14.2. The molecule has 0 unspecified atom stereocenters. The molecule has 0 atom stereocenters. The minimum Gasteiger partial charge on any atom is -1.00 e. The summed E-state index contributed by atoms with van der Waals surface area (Å²) in [5.74, 6) is 1.74. The van der Waals surface area contributed by atoms with Crippen molar-refractivity contribution in [1.29, 1.82) is 0 Å². The van der Waals surface area contributed by atoms with Gasteiger partial charge in [0.25, 0.3) is 0 Å². The van der Waals surface area contributed by atoms with Crippen molar-refractivity contribution in [3.8, 4) is 0 Å². The summed E-state index contributed by atoms with van der Waals surface area (Å²) in [6.45, 7) is 13.9. The maximum absolute atomic E-state index is 2.40. The summed E-state index contributed by atoms with van der Waals surface area (Å²) in [6.07, 6.45) is 0. The summed E-state index contributed by atoms with van der Waals surface area (Å²) in [5, 5.41) is 2.82. The number of hydrogen-bond acceptors (Lipinski definition) is 0. The van der Waals surface area contributed by atoms with Crippen LogP contribution in [0.4, 0.5) is 0 Å². The smallest absolute Gasteiger partial charge is 1.00 e. The van der Waals surface area contributed by atoms with E-state index in [9.17, 15) is 0 Å². The molecular weight excluding hydrogens is 251 g/mol. The first kappa shape index (κ1) is 17.8. The van der Waals surface area contributed by atoms with Gasteiger partial charge in [0.2, 0.25) is 0 Å². The van der Waals surface area contributed by atoms with Crippen LogP contribution >= 0.6 is 0 Å². The van der Waals surface area contributed by atoms with Crippen molar-refractivity contribution in [3.63, 3.8) is 0 Å². The second kappa shape index (κ2) is 7.11. The molecular formula is C19H27Na. The molecule has 2 aromatic carbocycles. The quantitative estimate of drug-likeness (QED) is 0.756. The van der Waals surface area contributed by atoms with Gasteiger partial charge in [-0.2, -0.15) is 0 Å². The molecule has 104 valence electrons. The molecule has 0 aliphatic heterocycles. The average Bonchev–Trinajstić information content (AvgIpc) is 2.35. The van der Waals surface area contributed by atoms with E-state index in [1.165, 1.54) is 16.3 Å². The predicted octanol–water partition coefficient (Wildman–Crippen LogP) is 3.33. The van der Waals surface area contributed by atoms with Crippen molar-refractivity contribution in [2.24, 2.45) is 0 Å². The van der Waals surface area contributed by atoms with E-state index in [0.717, 1.165) is 0 Å². The van der Waals surface area contributed by atoms with Crippen LogP contribution in [0.15, 0.2) is 30.3 Å². The van der Waals surface area contributed by atoms with Gasteiger partial charge in [-0.05, 0) is 45.2 Å². The Morgan fingerprint density at radius 3 is 1.80 bits per heavy atom. The molecule has 0 radical (unpaired) electrons. The van der Waals surface area contributed by atoms with E-state index in [2.05, 4.69) is 71.9 Å². The largest absolute Gasteiger partial charge is 1.00 e. The van der Waals surface area contributed by atoms with E-state index in [1.54, 1.807) is 11.1 Å². The van der Waals surface area contributed by atoms with Gasteiger partial charge < -0.3 is 1.43 Å². The van der Waals surface area contributed by atoms with Crippen LogP contribution in [-0.2, 0) is 0 Å². The first-order chi connectivity index (χ1) is 8.93. The molecule has 0 N–H and O–H groups in total. The van der Waals surface area contributed by atoms with E-state index in [-0.39, 0.29) is 31.0 Å². The fourth-order valence-electron chi connectivity index (χ4n) is 3.16. The summed E-state index contributed by atoms with van der Waals surface area (Å²) in [5.41, 5.74) is 4.65. The van der Waals surface area contributed by atoms with E-state index in [0.29, 0.717) is 17.8 Å². The SMILES string of the molecule is CC(C)c1cc2ccccc2c(C(C)C)c1C(C)C.[H-].[Na+]. The molecule has 0 heterocycles. The Bertz CT molecular complexity index is 585. The third-order valence-electron chi connectivity index (χ3n) is 3.94. The zero-order valence-corrected chi connectivity index (χ0v) is 16.1. The molecule has 0 aliphatic rings. The zero-order valence-electron chi connectivity index (χ0n) is 15.1. The molecule has 0 amide bonds. The molecule has 2 aromatic rings. The summed E-state index contributed by atoms with van der Waals surface area (Å²) in [7, 11) is 0. The Balaban J connectivity index is 0.00000200. The van der Waals surface area contributed by atoms with Crippen LogP contribution in [0.2, 0.25) is 0 Å². The Kier molecular flexibility index (Phi) is 6.31. The van der Waals surface area contributed by atoms with Gasteiger partial charge in [-0.1, -0.05) is 71.9 Å². The van der Waals surface area contributed by atoms with Gasteiger partial charge >= 0.3 is 29.6 Å². The Morgan fingerprint density at radius 2 is 1.30 bits per heavy atom. The predicted molar refractivity (Wildman–Crippen MR) is 87.3 cm³/mol. The van der Waals surface area contributed by atoms with Crippen molar-refractivity contribution in [1.82, 2.24) is 0 Å². The van der Waals surface area contributed by atoms with Crippen LogP contribution in [0.5, 0.6) is 0 Å². The van der Waals surface area contributed by atoms with E-state index in [1.807, 2.05) is 0 Å². The van der Waals surface area contributed by atoms with Gasteiger partial charge in [-0.3, -0.25) is 0 Å². The maximum atomic E-state index is 2.40. The molecule has 0 bridgehead atoms. The average molecular weight is 278 g/mol. The monoisotopic (exact) mass is 278 g/mol. The Hall–Kier alpha value is -0.300. The molecule has 0 nitrogen and oxygen atoms in total. The molecule has 0 saturated heterocycles. The Labute approximate surface area is 147 Å². The first-order valence-corrected chi connectivity index (χ1v) is 7.48. The fourth-order valence-corrected chi connectivity index (χ4v) is 3.16. The molecule has 2 rings (SSSR count). The van der Waals surface area contributed by atoms with E-state index < -0.39 is 0 Å². The van der Waals surface area contributed by atoms with Crippen LogP contribution in [0.1, 0.15) is 77.4 Å². The molecule has 0 aliphatic carbocycles. The summed E-state index contributed by atoms with van der Waals surface area (Å²) in [6, 6.07) is 11.2. The summed E-state index contributed by atoms with van der Waals surface area (Å²) >= 11 is 0. The minimum atomic E-state index is 0. The number of benzene rings is 2. The molecule has 1 heteroatoms. The molecule has 0 fully saturated rings. The third-order valence-corrected chi connectivity index (χ3v) is 3.94. The molecule has 20 heavy (non-hydrogen) atoms. The normalized spacial score (nSPS) is 11.4. The number of fused-ring (bicyclic) bond motifs is 1. The molecule has 0 saturated carbocycles. The summed E-state index contributed by atoms with van der Waals surface area (Å²) in [4.78, 5) is 0. The van der Waals surface area contributed by atoms with E-state index >= 15 is 0 Å². The first-order valence-electron chi connectivity index (χ1n) is 7.48. The fraction of sp³-hybridized carbons (Fsp3) is 0.474. The van der Waals surface area contributed by atoms with Gasteiger partial charge in [0.05, 0.1) is 0 Å². The third kappa shape index (κ3) is 3.30. The Morgan fingerprint density at radius 1 is 0.750 bits per heavy atom. The van der Waals surface area contributed by atoms with Crippen molar-refractivity contribution >= 4 is 10.8 Å². The van der Waals surface area contributed by atoms with Crippen LogP contribution in [-0.4, -0.2) is 0 Å². The topological polar surface area (TPSA) is 0 Å². The standard InChI is InChI=1S/C19H26.Na.H/c1-12(2)17-11-15-9-7-8-10-16(15)18(13(3)4)19(17)14(5)6;;/h7-14H,1-6H3;;/q;+1;-1. The van der Waals surface area contributed by atoms with E-state index in [4.69, 9.17) is 0 Å². The van der Waals surface area contributed by atoms with Crippen molar-refractivity contribution in [2.75, 3.05) is 0 Å². The van der Waals surface area contributed by atoms with Crippen LogP contribution in [0.25, 0.3) is 10.8 Å². The second-order valence-corrected chi connectivity index (χ2v) is 6.48. The number of hydrogen-bond donors (Lipinski definition) is 0. The van der Waals surface area contributed by atoms with Gasteiger partial charge in [0, 0.05) is 0 Å². The van der Waals surface area contributed by atoms with Gasteiger partial charge in [-0.15, -0.1) is 0 Å². The van der Waals surface area contributed by atoms with Crippen LogP contribution in [0, 0.1) is 0 Å². The maximum Gasteiger partial charge on any atom is 1.00 e. The minimum absolute atomic E-state index is 0. The summed E-state index contributed by atoms with van der Waals surface area (Å²) < 4.78 is 0. The van der Waals surface area contributed by atoms with Crippen molar-refractivity contribution in [2.45, 2.75) is 59.3 Å². The number of rotatable bonds is 3. The van der Waals surface area contributed by atoms with Crippen LogP contribution < -0.4 is 29.6 Å². The van der Waals surface area contributed by atoms with Gasteiger partial charge in [0.15, 0.2) is 0 Å². The second-order valence-electron chi connectivity index (χ2n) is 6.48. The van der Waals surface area contributed by atoms with Gasteiger partial charge in [-0.25, -0.2) is 0 Å². The van der Waals surface area contributed by atoms with Crippen LogP contribution in [0.3, 0.4) is 0 Å². The van der Waals surface area contributed by atoms with Crippen molar-refractivity contribution in [3.05, 3.63) is 47.0 Å². The van der Waals surface area contributed by atoms with Crippen molar-refractivity contribution < 1.29 is 31.0 Å². The molecule has 0 aromatic heterocycles. The van der Waals surface area contributed by atoms with Gasteiger partial charge in [0.1, 0.15) is 0 Å².